The third kappa shape index (κ3) is 4.03. The molecule has 1 rings (SSSR count). The van der Waals surface area contributed by atoms with Crippen LogP contribution >= 0.6 is 0 Å². The number of azide groups is 1. The van der Waals surface area contributed by atoms with Crippen LogP contribution in [0.1, 0.15) is 12.0 Å². The Kier molecular flexibility index (Phi) is 4.58. The van der Waals surface area contributed by atoms with Crippen LogP contribution in [0.15, 0.2) is 23.4 Å². The summed E-state index contributed by atoms with van der Waals surface area (Å²) < 4.78 is 4.95. The first-order valence-electron chi connectivity index (χ1n) is 4.36. The van der Waals surface area contributed by atoms with Gasteiger partial charge in [-0.2, -0.15) is 0 Å². The van der Waals surface area contributed by atoms with Gasteiger partial charge in [0.05, 0.1) is 7.11 Å². The molecule has 1 aromatic rings. The van der Waals surface area contributed by atoms with Crippen LogP contribution in [0.2, 0.25) is 0 Å². The normalized spacial score (nSPS) is 8.33. The molecule has 0 unspecified atom stereocenters. The van der Waals surface area contributed by atoms with E-state index in [-0.39, 0.29) is 0 Å². The van der Waals surface area contributed by atoms with Gasteiger partial charge in [0.25, 0.3) is 0 Å². The molecule has 0 aliphatic carbocycles. The Hall–Kier alpha value is -2.18. The molecule has 0 fully saturated rings. The molecule has 5 heteroatoms. The van der Waals surface area contributed by atoms with E-state index in [9.17, 15) is 0 Å². The van der Waals surface area contributed by atoms with Crippen LogP contribution in [0.5, 0.6) is 5.88 Å². The molecule has 0 saturated heterocycles. The van der Waals surface area contributed by atoms with Crippen molar-refractivity contribution in [1.82, 2.24) is 4.98 Å². The standard InChI is InChI=1S/C10H10N4O/c1-15-10-8-9(5-7-12-10)4-2-3-6-13-14-11/h5,7-8H,3,6H2,1H3. The minimum atomic E-state index is 0.395. The molecular weight excluding hydrogens is 192 g/mol. The highest BCUT2D eigenvalue weighted by Gasteiger charge is 1.91. The molecule has 0 amide bonds. The predicted molar refractivity (Wildman–Crippen MR) is 56.3 cm³/mol. The number of hydrogen-bond acceptors (Lipinski definition) is 3. The predicted octanol–water partition coefficient (Wildman–Crippen LogP) is 2.14. The largest absolute Gasteiger partial charge is 0.481 e. The summed E-state index contributed by atoms with van der Waals surface area (Å²) in [6, 6.07) is 3.55. The quantitative estimate of drug-likeness (QED) is 0.247. The average Bonchev–Trinajstić information content (AvgIpc) is 2.29. The van der Waals surface area contributed by atoms with Gasteiger partial charge in [-0.25, -0.2) is 4.98 Å². The Bertz CT molecular complexity index is 427. The summed E-state index contributed by atoms with van der Waals surface area (Å²) in [6.45, 7) is 0.395. The van der Waals surface area contributed by atoms with Crippen molar-refractivity contribution >= 4 is 0 Å². The first-order chi connectivity index (χ1) is 7.36. The molecule has 0 atom stereocenters. The summed E-state index contributed by atoms with van der Waals surface area (Å²) in [5, 5.41) is 3.38. The molecule has 1 heterocycles. The van der Waals surface area contributed by atoms with E-state index in [2.05, 4.69) is 26.9 Å². The fraction of sp³-hybridized carbons (Fsp3) is 0.300. The summed E-state index contributed by atoms with van der Waals surface area (Å²) in [5.41, 5.74) is 8.87. The fourth-order valence-electron chi connectivity index (χ4n) is 0.914. The zero-order valence-corrected chi connectivity index (χ0v) is 8.34. The second kappa shape index (κ2) is 6.30. The Morgan fingerprint density at radius 1 is 1.67 bits per heavy atom. The Morgan fingerprint density at radius 3 is 3.27 bits per heavy atom. The lowest BCUT2D eigenvalue weighted by atomic mass is 10.2. The minimum absolute atomic E-state index is 0.395. The topological polar surface area (TPSA) is 70.9 Å². The smallest absolute Gasteiger partial charge is 0.214 e. The highest BCUT2D eigenvalue weighted by molar-refractivity contribution is 5.35. The van der Waals surface area contributed by atoms with Crippen LogP contribution in [-0.2, 0) is 0 Å². The van der Waals surface area contributed by atoms with Crippen LogP contribution in [0.25, 0.3) is 10.4 Å². The van der Waals surface area contributed by atoms with Crippen molar-refractivity contribution in [2.45, 2.75) is 6.42 Å². The third-order valence-electron chi connectivity index (χ3n) is 1.58. The zero-order valence-electron chi connectivity index (χ0n) is 8.34. The van der Waals surface area contributed by atoms with Crippen molar-refractivity contribution in [3.05, 3.63) is 34.3 Å². The van der Waals surface area contributed by atoms with Crippen molar-refractivity contribution in [3.63, 3.8) is 0 Å². The van der Waals surface area contributed by atoms with E-state index >= 15 is 0 Å². The summed E-state index contributed by atoms with van der Waals surface area (Å²) in [6.07, 6.45) is 2.19. The van der Waals surface area contributed by atoms with Crippen LogP contribution in [0.4, 0.5) is 0 Å². The van der Waals surface area contributed by atoms with Crippen LogP contribution in [0, 0.1) is 11.8 Å². The van der Waals surface area contributed by atoms with Gasteiger partial charge in [-0.1, -0.05) is 17.0 Å². The van der Waals surface area contributed by atoms with Crippen LogP contribution in [0.3, 0.4) is 0 Å². The van der Waals surface area contributed by atoms with Crippen molar-refractivity contribution in [3.8, 4) is 17.7 Å². The highest BCUT2D eigenvalue weighted by Crippen LogP contribution is 2.06. The summed E-state index contributed by atoms with van der Waals surface area (Å²) in [7, 11) is 1.56. The summed E-state index contributed by atoms with van der Waals surface area (Å²) in [5.74, 6) is 6.35. The average molecular weight is 202 g/mol. The molecule has 0 aliphatic heterocycles. The number of rotatable bonds is 3. The first-order valence-corrected chi connectivity index (χ1v) is 4.36. The molecule has 5 nitrogen and oxygen atoms in total. The molecule has 0 N–H and O–H groups in total. The molecule has 15 heavy (non-hydrogen) atoms. The van der Waals surface area contributed by atoms with Gasteiger partial charge in [-0.15, -0.1) is 0 Å². The van der Waals surface area contributed by atoms with Crippen molar-refractivity contribution in [2.75, 3.05) is 13.7 Å². The Morgan fingerprint density at radius 2 is 2.53 bits per heavy atom. The molecule has 0 radical (unpaired) electrons. The van der Waals surface area contributed by atoms with Gasteiger partial charge in [0, 0.05) is 35.7 Å². The molecule has 0 aliphatic rings. The number of methoxy groups -OCH3 is 1. The second-order valence-corrected chi connectivity index (χ2v) is 2.59. The van der Waals surface area contributed by atoms with Crippen molar-refractivity contribution in [2.24, 2.45) is 5.11 Å². The van der Waals surface area contributed by atoms with Gasteiger partial charge in [-0.3, -0.25) is 0 Å². The SMILES string of the molecule is COc1cc(C#CCCN=[N+]=[N-])ccn1. The number of aromatic nitrogens is 1. The first kappa shape index (κ1) is 10.9. The van der Waals surface area contributed by atoms with E-state index < -0.39 is 0 Å². The van der Waals surface area contributed by atoms with Gasteiger partial charge in [0.15, 0.2) is 0 Å². The molecule has 76 valence electrons. The Labute approximate surface area is 87.7 Å². The fourth-order valence-corrected chi connectivity index (χ4v) is 0.914. The molecule has 0 spiro atoms. The maximum absolute atomic E-state index is 8.04. The van der Waals surface area contributed by atoms with Crippen LogP contribution < -0.4 is 4.74 Å². The lowest BCUT2D eigenvalue weighted by Crippen LogP contribution is -1.87. The van der Waals surface area contributed by atoms with Crippen LogP contribution in [-0.4, -0.2) is 18.6 Å². The number of nitrogens with zero attached hydrogens (tertiary/aromatic N) is 4. The Balaban J connectivity index is 2.58. The van der Waals surface area contributed by atoms with E-state index in [1.807, 2.05) is 0 Å². The number of hydrogen-bond donors (Lipinski definition) is 0. The summed E-state index contributed by atoms with van der Waals surface area (Å²) in [4.78, 5) is 6.59. The molecule has 0 bridgehead atoms. The van der Waals surface area contributed by atoms with E-state index in [0.717, 1.165) is 5.56 Å². The van der Waals surface area contributed by atoms with E-state index in [1.165, 1.54) is 0 Å². The molecule has 0 aromatic carbocycles. The lowest BCUT2D eigenvalue weighted by molar-refractivity contribution is 0.398. The van der Waals surface area contributed by atoms with Gasteiger partial charge in [0.1, 0.15) is 0 Å². The maximum atomic E-state index is 8.04. The number of ether oxygens (including phenoxy) is 1. The van der Waals surface area contributed by atoms with E-state index in [0.29, 0.717) is 18.8 Å². The van der Waals surface area contributed by atoms with Gasteiger partial charge >= 0.3 is 0 Å². The monoisotopic (exact) mass is 202 g/mol. The minimum Gasteiger partial charge on any atom is -0.481 e. The second-order valence-electron chi connectivity index (χ2n) is 2.59. The third-order valence-corrected chi connectivity index (χ3v) is 1.58. The van der Waals surface area contributed by atoms with E-state index in [1.54, 1.807) is 25.4 Å². The summed E-state index contributed by atoms with van der Waals surface area (Å²) >= 11 is 0. The van der Waals surface area contributed by atoms with E-state index in [4.69, 9.17) is 10.3 Å². The zero-order chi connectivity index (χ0) is 10.9. The molecule has 1 aromatic heterocycles. The van der Waals surface area contributed by atoms with Gasteiger partial charge in [0.2, 0.25) is 5.88 Å². The van der Waals surface area contributed by atoms with Gasteiger partial charge < -0.3 is 4.74 Å². The molecule has 0 saturated carbocycles. The van der Waals surface area contributed by atoms with Crippen molar-refractivity contribution in [1.29, 1.82) is 0 Å². The maximum Gasteiger partial charge on any atom is 0.214 e. The van der Waals surface area contributed by atoms with Gasteiger partial charge in [-0.05, 0) is 11.6 Å². The number of pyridine rings is 1. The molecular formula is C10H10N4O. The lowest BCUT2D eigenvalue weighted by Gasteiger charge is -1.96. The van der Waals surface area contributed by atoms with Crippen molar-refractivity contribution < 1.29 is 4.74 Å². The highest BCUT2D eigenvalue weighted by atomic mass is 16.5.